The minimum Gasteiger partial charge on any atom is -0.480 e. The van der Waals surface area contributed by atoms with Gasteiger partial charge in [0, 0.05) is 12.0 Å². The summed E-state index contributed by atoms with van der Waals surface area (Å²) < 4.78 is 38.1. The van der Waals surface area contributed by atoms with Crippen LogP contribution in [-0.2, 0) is 17.4 Å². The van der Waals surface area contributed by atoms with E-state index in [4.69, 9.17) is 0 Å². The van der Waals surface area contributed by atoms with Crippen LogP contribution in [0.3, 0.4) is 0 Å². The van der Waals surface area contributed by atoms with E-state index in [2.05, 4.69) is 5.32 Å². The van der Waals surface area contributed by atoms with Crippen molar-refractivity contribution in [1.29, 1.82) is 0 Å². The highest BCUT2D eigenvalue weighted by Gasteiger charge is 2.31. The van der Waals surface area contributed by atoms with Gasteiger partial charge in [-0.15, -0.1) is 0 Å². The molecule has 0 aromatic heterocycles. The number of rotatable bonds is 5. The van der Waals surface area contributed by atoms with E-state index in [-0.39, 0.29) is 17.5 Å². The summed E-state index contributed by atoms with van der Waals surface area (Å²) >= 11 is 0. The molecular weight excluding hydrogens is 323 g/mol. The summed E-state index contributed by atoms with van der Waals surface area (Å²) in [5.74, 6) is -1.92. The number of nitrogens with one attached hydrogen (secondary N) is 1. The second kappa shape index (κ2) is 7.16. The van der Waals surface area contributed by atoms with Crippen molar-refractivity contribution >= 4 is 11.9 Å². The lowest BCUT2D eigenvalue weighted by atomic mass is 10.0. The number of carboxylic acid groups (broad SMARTS) is 1. The molecule has 2 aromatic carbocycles. The first-order valence-electron chi connectivity index (χ1n) is 7.02. The Morgan fingerprint density at radius 2 is 1.71 bits per heavy atom. The maximum Gasteiger partial charge on any atom is 0.416 e. The number of carboxylic acids is 1. The molecule has 4 nitrogen and oxygen atoms in total. The first-order valence-corrected chi connectivity index (χ1v) is 7.02. The van der Waals surface area contributed by atoms with E-state index in [1.54, 1.807) is 18.2 Å². The van der Waals surface area contributed by atoms with Crippen LogP contribution >= 0.6 is 0 Å². The van der Waals surface area contributed by atoms with Gasteiger partial charge in [0.05, 0.1) is 5.56 Å². The molecule has 0 aliphatic carbocycles. The molecule has 7 heteroatoms. The molecular formula is C17H14F3NO3. The number of aliphatic carboxylic acids is 1. The van der Waals surface area contributed by atoms with E-state index in [9.17, 15) is 27.9 Å². The zero-order chi connectivity index (χ0) is 17.7. The number of alkyl halides is 3. The molecule has 1 amide bonds. The van der Waals surface area contributed by atoms with Gasteiger partial charge in [-0.05, 0) is 23.8 Å². The van der Waals surface area contributed by atoms with E-state index in [1.165, 1.54) is 24.3 Å². The molecule has 2 N–H and O–H groups in total. The van der Waals surface area contributed by atoms with E-state index in [0.29, 0.717) is 0 Å². The Morgan fingerprint density at radius 3 is 2.29 bits per heavy atom. The molecule has 126 valence electrons. The Bertz CT molecular complexity index is 729. The zero-order valence-corrected chi connectivity index (χ0v) is 12.4. The van der Waals surface area contributed by atoms with Gasteiger partial charge in [-0.2, -0.15) is 13.2 Å². The number of hydrogen-bond donors (Lipinski definition) is 2. The van der Waals surface area contributed by atoms with Crippen LogP contribution in [0.25, 0.3) is 0 Å². The fourth-order valence-corrected chi connectivity index (χ4v) is 2.14. The quantitative estimate of drug-likeness (QED) is 0.881. The van der Waals surface area contributed by atoms with Gasteiger partial charge in [-0.3, -0.25) is 4.79 Å². The number of benzene rings is 2. The molecule has 0 aliphatic heterocycles. The number of amides is 1. The summed E-state index contributed by atoms with van der Waals surface area (Å²) in [7, 11) is 0. The zero-order valence-electron chi connectivity index (χ0n) is 12.4. The highest BCUT2D eigenvalue weighted by molar-refractivity contribution is 5.96. The Kier molecular flexibility index (Phi) is 5.23. The number of hydrogen-bond acceptors (Lipinski definition) is 2. The molecule has 0 saturated heterocycles. The van der Waals surface area contributed by atoms with Crippen molar-refractivity contribution in [3.05, 3.63) is 71.3 Å². The van der Waals surface area contributed by atoms with Crippen molar-refractivity contribution in [3.8, 4) is 0 Å². The van der Waals surface area contributed by atoms with E-state index in [0.717, 1.165) is 12.1 Å². The summed E-state index contributed by atoms with van der Waals surface area (Å²) in [6.45, 7) is 0. The average molecular weight is 337 g/mol. The van der Waals surface area contributed by atoms with Crippen LogP contribution in [0.4, 0.5) is 13.2 Å². The van der Waals surface area contributed by atoms with Gasteiger partial charge in [0.1, 0.15) is 6.04 Å². The summed E-state index contributed by atoms with van der Waals surface area (Å²) in [6, 6.07) is 11.0. The topological polar surface area (TPSA) is 66.4 Å². The molecule has 0 heterocycles. The Balaban J connectivity index is 2.15. The third kappa shape index (κ3) is 4.58. The first-order chi connectivity index (χ1) is 11.3. The molecule has 0 fully saturated rings. The summed E-state index contributed by atoms with van der Waals surface area (Å²) in [5, 5.41) is 11.5. The monoisotopic (exact) mass is 337 g/mol. The SMILES string of the molecule is O=C(N[C@H](Cc1cccc(C(F)(F)F)c1)C(=O)O)c1ccccc1. The summed E-state index contributed by atoms with van der Waals surface area (Å²) in [6.07, 6.45) is -4.76. The van der Waals surface area contributed by atoms with E-state index >= 15 is 0 Å². The van der Waals surface area contributed by atoms with E-state index < -0.39 is 29.7 Å². The lowest BCUT2D eigenvalue weighted by molar-refractivity contribution is -0.139. The second-order valence-corrected chi connectivity index (χ2v) is 5.13. The van der Waals surface area contributed by atoms with Gasteiger partial charge in [0.25, 0.3) is 5.91 Å². The van der Waals surface area contributed by atoms with Crippen molar-refractivity contribution < 1.29 is 27.9 Å². The minimum atomic E-state index is -4.51. The smallest absolute Gasteiger partial charge is 0.416 e. The Hall–Kier alpha value is -2.83. The average Bonchev–Trinajstić information content (AvgIpc) is 2.54. The summed E-state index contributed by atoms with van der Waals surface area (Å²) in [5.41, 5.74) is -0.420. The van der Waals surface area contributed by atoms with Crippen molar-refractivity contribution in [2.45, 2.75) is 18.6 Å². The number of carbonyl (C=O) groups excluding carboxylic acids is 1. The third-order valence-electron chi connectivity index (χ3n) is 3.33. The Morgan fingerprint density at radius 1 is 1.04 bits per heavy atom. The molecule has 24 heavy (non-hydrogen) atoms. The van der Waals surface area contributed by atoms with Crippen LogP contribution in [0, 0.1) is 0 Å². The fourth-order valence-electron chi connectivity index (χ4n) is 2.14. The lowest BCUT2D eigenvalue weighted by Crippen LogP contribution is -2.42. The van der Waals surface area contributed by atoms with Crippen LogP contribution in [0.15, 0.2) is 54.6 Å². The Labute approximate surface area is 135 Å². The van der Waals surface area contributed by atoms with Crippen LogP contribution in [0.2, 0.25) is 0 Å². The van der Waals surface area contributed by atoms with Gasteiger partial charge < -0.3 is 10.4 Å². The van der Waals surface area contributed by atoms with Crippen molar-refractivity contribution in [2.24, 2.45) is 0 Å². The van der Waals surface area contributed by atoms with Gasteiger partial charge >= 0.3 is 12.1 Å². The van der Waals surface area contributed by atoms with Crippen LogP contribution in [0.5, 0.6) is 0 Å². The molecule has 0 spiro atoms. The third-order valence-corrected chi connectivity index (χ3v) is 3.33. The predicted octanol–water partition coefficient (Wildman–Crippen LogP) is 3.13. The number of halogens is 3. The standard InChI is InChI=1S/C17H14F3NO3/c18-17(19,20)13-8-4-5-11(9-13)10-14(16(23)24)21-15(22)12-6-2-1-3-7-12/h1-9,14H,10H2,(H,21,22)(H,23,24)/t14-/m1/s1. The maximum atomic E-state index is 12.7. The maximum absolute atomic E-state index is 12.7. The molecule has 1 atom stereocenters. The van der Waals surface area contributed by atoms with Crippen LogP contribution in [0.1, 0.15) is 21.5 Å². The van der Waals surface area contributed by atoms with Gasteiger partial charge in [-0.25, -0.2) is 4.79 Å². The van der Waals surface area contributed by atoms with Crippen molar-refractivity contribution in [2.75, 3.05) is 0 Å². The molecule has 0 bridgehead atoms. The molecule has 0 saturated carbocycles. The second-order valence-electron chi connectivity index (χ2n) is 5.13. The highest BCUT2D eigenvalue weighted by atomic mass is 19.4. The van der Waals surface area contributed by atoms with Crippen LogP contribution in [-0.4, -0.2) is 23.0 Å². The molecule has 2 rings (SSSR count). The first kappa shape index (κ1) is 17.5. The summed E-state index contributed by atoms with van der Waals surface area (Å²) in [4.78, 5) is 23.3. The van der Waals surface area contributed by atoms with Crippen molar-refractivity contribution in [1.82, 2.24) is 5.32 Å². The van der Waals surface area contributed by atoms with Gasteiger partial charge in [0.15, 0.2) is 0 Å². The number of carbonyl (C=O) groups is 2. The van der Waals surface area contributed by atoms with Gasteiger partial charge in [-0.1, -0.05) is 36.4 Å². The lowest BCUT2D eigenvalue weighted by Gasteiger charge is -2.16. The minimum absolute atomic E-state index is 0.172. The van der Waals surface area contributed by atoms with E-state index in [1.807, 2.05) is 0 Å². The van der Waals surface area contributed by atoms with Crippen molar-refractivity contribution in [3.63, 3.8) is 0 Å². The molecule has 0 radical (unpaired) electrons. The predicted molar refractivity (Wildman–Crippen MR) is 80.5 cm³/mol. The molecule has 2 aromatic rings. The normalized spacial score (nSPS) is 12.5. The molecule has 0 aliphatic rings. The molecule has 0 unspecified atom stereocenters. The van der Waals surface area contributed by atoms with Gasteiger partial charge in [0.2, 0.25) is 0 Å². The van der Waals surface area contributed by atoms with Crippen LogP contribution < -0.4 is 5.32 Å². The fraction of sp³-hybridized carbons (Fsp3) is 0.176. The largest absolute Gasteiger partial charge is 0.480 e. The highest BCUT2D eigenvalue weighted by Crippen LogP contribution is 2.29.